The van der Waals surface area contributed by atoms with E-state index in [0.29, 0.717) is 35.7 Å². The lowest BCUT2D eigenvalue weighted by Gasteiger charge is -2.25. The second-order valence-corrected chi connectivity index (χ2v) is 7.37. The lowest BCUT2D eigenvalue weighted by atomic mass is 9.96. The fraction of sp³-hybridized carbons (Fsp3) is 0.182. The van der Waals surface area contributed by atoms with Crippen molar-refractivity contribution in [3.8, 4) is 0 Å². The number of aliphatic hydroxyl groups excluding tert-OH is 1. The van der Waals surface area contributed by atoms with Crippen LogP contribution in [-0.4, -0.2) is 42.8 Å². The van der Waals surface area contributed by atoms with Gasteiger partial charge in [0.15, 0.2) is 0 Å². The Hall–Kier alpha value is -3.45. The lowest BCUT2D eigenvalue weighted by Crippen LogP contribution is -2.31. The normalized spacial score (nSPS) is 18.2. The summed E-state index contributed by atoms with van der Waals surface area (Å²) in [6, 6.07) is 9.29. The largest absolute Gasteiger partial charge is 0.507 e. The quantitative estimate of drug-likeness (QED) is 0.373. The van der Waals surface area contributed by atoms with Crippen LogP contribution in [-0.2, 0) is 16.1 Å². The number of halogens is 1. The highest BCUT2D eigenvalue weighted by Crippen LogP contribution is 2.39. The van der Waals surface area contributed by atoms with Gasteiger partial charge in [-0.1, -0.05) is 11.6 Å². The summed E-state index contributed by atoms with van der Waals surface area (Å²) in [6.45, 7) is 1.01. The summed E-state index contributed by atoms with van der Waals surface area (Å²) < 4.78 is 1.91. The maximum atomic E-state index is 12.9. The number of aryl methyl sites for hydroxylation is 1. The number of likely N-dealkylation sites (tertiary alicyclic amines) is 1. The third-order valence-corrected chi connectivity index (χ3v) is 5.31. The van der Waals surface area contributed by atoms with Crippen LogP contribution in [0.5, 0.6) is 0 Å². The standard InChI is InChI=1S/C22H19ClN4O3/c23-17-4-2-16(3-5-17)20(28)18-19(15-6-8-24-9-7-15)27(22(30)21(18)29)12-1-11-26-13-10-25-14-26/h2-10,13-14,19,28H,1,11-12H2. The number of ketones is 1. The molecule has 1 fully saturated rings. The van der Waals surface area contributed by atoms with Gasteiger partial charge in [-0.3, -0.25) is 14.6 Å². The van der Waals surface area contributed by atoms with Crippen molar-refractivity contribution in [1.29, 1.82) is 0 Å². The molecule has 0 radical (unpaired) electrons. The molecule has 0 bridgehead atoms. The number of amides is 1. The van der Waals surface area contributed by atoms with Crippen molar-refractivity contribution in [2.45, 2.75) is 19.0 Å². The van der Waals surface area contributed by atoms with Gasteiger partial charge in [0.25, 0.3) is 11.7 Å². The van der Waals surface area contributed by atoms with E-state index >= 15 is 0 Å². The summed E-state index contributed by atoms with van der Waals surface area (Å²) in [7, 11) is 0. The van der Waals surface area contributed by atoms with E-state index in [1.165, 1.54) is 4.90 Å². The van der Waals surface area contributed by atoms with Crippen molar-refractivity contribution in [2.24, 2.45) is 0 Å². The molecule has 1 amide bonds. The van der Waals surface area contributed by atoms with Crippen LogP contribution in [0.3, 0.4) is 0 Å². The van der Waals surface area contributed by atoms with Crippen LogP contribution in [0.4, 0.5) is 0 Å². The van der Waals surface area contributed by atoms with Crippen molar-refractivity contribution in [1.82, 2.24) is 19.4 Å². The molecular weight excluding hydrogens is 404 g/mol. The second kappa shape index (κ2) is 8.51. The molecule has 4 rings (SSSR count). The molecule has 3 aromatic rings. The van der Waals surface area contributed by atoms with Gasteiger partial charge in [-0.15, -0.1) is 0 Å². The first-order valence-electron chi connectivity index (χ1n) is 9.46. The van der Waals surface area contributed by atoms with E-state index in [2.05, 4.69) is 9.97 Å². The SMILES string of the molecule is O=C1C(=O)N(CCCn2ccnc2)C(c2ccncc2)C1=C(O)c1ccc(Cl)cc1. The van der Waals surface area contributed by atoms with Crippen LogP contribution >= 0.6 is 11.6 Å². The Morgan fingerprint density at radius 3 is 2.40 bits per heavy atom. The molecular formula is C22H19ClN4O3. The summed E-state index contributed by atoms with van der Waals surface area (Å²) >= 11 is 5.93. The van der Waals surface area contributed by atoms with E-state index in [9.17, 15) is 14.7 Å². The monoisotopic (exact) mass is 422 g/mol. The molecule has 1 atom stereocenters. The fourth-order valence-corrected chi connectivity index (χ4v) is 3.73. The first kappa shape index (κ1) is 19.8. The van der Waals surface area contributed by atoms with Crippen LogP contribution in [0.1, 0.15) is 23.6 Å². The van der Waals surface area contributed by atoms with Crippen LogP contribution in [0.2, 0.25) is 5.02 Å². The number of benzene rings is 1. The minimum atomic E-state index is -0.702. The zero-order chi connectivity index (χ0) is 21.1. The predicted octanol–water partition coefficient (Wildman–Crippen LogP) is 3.44. The maximum Gasteiger partial charge on any atom is 0.295 e. The van der Waals surface area contributed by atoms with E-state index < -0.39 is 17.7 Å². The molecule has 0 spiro atoms. The number of Topliss-reactive ketones (excluding diaryl/α,β-unsaturated/α-hetero) is 1. The first-order valence-corrected chi connectivity index (χ1v) is 9.84. The molecule has 1 N–H and O–H groups in total. The molecule has 1 aliphatic rings. The maximum absolute atomic E-state index is 12.9. The Kier molecular flexibility index (Phi) is 5.63. The second-order valence-electron chi connectivity index (χ2n) is 6.93. The highest BCUT2D eigenvalue weighted by Gasteiger charge is 2.45. The third-order valence-electron chi connectivity index (χ3n) is 5.05. The van der Waals surface area contributed by atoms with Gasteiger partial charge in [0.1, 0.15) is 5.76 Å². The van der Waals surface area contributed by atoms with E-state index in [-0.39, 0.29) is 11.3 Å². The fourth-order valence-electron chi connectivity index (χ4n) is 3.61. The number of hydrogen-bond donors (Lipinski definition) is 1. The molecule has 2 aromatic heterocycles. The number of aromatic nitrogens is 3. The third kappa shape index (κ3) is 3.84. The van der Waals surface area contributed by atoms with Crippen molar-refractivity contribution < 1.29 is 14.7 Å². The van der Waals surface area contributed by atoms with E-state index in [4.69, 9.17) is 11.6 Å². The molecule has 0 aliphatic carbocycles. The highest BCUT2D eigenvalue weighted by molar-refractivity contribution is 6.46. The minimum Gasteiger partial charge on any atom is -0.507 e. The average Bonchev–Trinajstić information content (AvgIpc) is 3.37. The number of carbonyl (C=O) groups is 2. The molecule has 1 aromatic carbocycles. The number of imidazole rings is 1. The summed E-state index contributed by atoms with van der Waals surface area (Å²) in [5.74, 6) is -1.55. The Bertz CT molecular complexity index is 1080. The number of hydrogen-bond acceptors (Lipinski definition) is 5. The van der Waals surface area contributed by atoms with Crippen LogP contribution in [0, 0.1) is 0 Å². The number of rotatable bonds is 6. The predicted molar refractivity (Wildman–Crippen MR) is 112 cm³/mol. The van der Waals surface area contributed by atoms with Gasteiger partial charge in [0.05, 0.1) is 17.9 Å². The van der Waals surface area contributed by atoms with Crippen molar-refractivity contribution >= 4 is 29.1 Å². The van der Waals surface area contributed by atoms with Crippen molar-refractivity contribution in [2.75, 3.05) is 6.54 Å². The summed E-state index contributed by atoms with van der Waals surface area (Å²) in [5, 5.41) is 11.4. The molecule has 152 valence electrons. The Labute approximate surface area is 178 Å². The molecule has 8 heteroatoms. The van der Waals surface area contributed by atoms with Gasteiger partial charge in [-0.05, 0) is 48.4 Å². The Balaban J connectivity index is 1.71. The summed E-state index contributed by atoms with van der Waals surface area (Å²) in [4.78, 5) is 35.3. The molecule has 7 nitrogen and oxygen atoms in total. The summed E-state index contributed by atoms with van der Waals surface area (Å²) in [6.07, 6.45) is 9.07. The van der Waals surface area contributed by atoms with E-state index in [0.717, 1.165) is 0 Å². The van der Waals surface area contributed by atoms with Crippen LogP contribution < -0.4 is 0 Å². The Morgan fingerprint density at radius 2 is 1.73 bits per heavy atom. The topological polar surface area (TPSA) is 88.3 Å². The zero-order valence-corrected chi connectivity index (χ0v) is 16.7. The number of carbonyl (C=O) groups excluding carboxylic acids is 2. The number of nitrogens with zero attached hydrogens (tertiary/aromatic N) is 4. The minimum absolute atomic E-state index is 0.0659. The number of pyridine rings is 1. The first-order chi connectivity index (χ1) is 14.6. The highest BCUT2D eigenvalue weighted by atomic mass is 35.5. The van der Waals surface area contributed by atoms with E-state index in [1.54, 1.807) is 61.3 Å². The van der Waals surface area contributed by atoms with Gasteiger partial charge in [0.2, 0.25) is 0 Å². The van der Waals surface area contributed by atoms with Crippen LogP contribution in [0.25, 0.3) is 5.76 Å². The molecule has 1 saturated heterocycles. The van der Waals surface area contributed by atoms with Gasteiger partial charge in [0, 0.05) is 48.5 Å². The van der Waals surface area contributed by atoms with Gasteiger partial charge in [-0.2, -0.15) is 0 Å². The molecule has 0 saturated carbocycles. The zero-order valence-electron chi connectivity index (χ0n) is 16.0. The van der Waals surface area contributed by atoms with Gasteiger partial charge >= 0.3 is 0 Å². The molecule has 1 aliphatic heterocycles. The smallest absolute Gasteiger partial charge is 0.295 e. The molecule has 3 heterocycles. The molecule has 1 unspecified atom stereocenters. The molecule has 30 heavy (non-hydrogen) atoms. The van der Waals surface area contributed by atoms with Crippen LogP contribution in [0.15, 0.2) is 73.1 Å². The van der Waals surface area contributed by atoms with Gasteiger partial charge in [-0.25, -0.2) is 4.98 Å². The summed E-state index contributed by atoms with van der Waals surface area (Å²) in [5.41, 5.74) is 1.20. The number of aliphatic hydroxyl groups is 1. The van der Waals surface area contributed by atoms with Crippen molar-refractivity contribution in [3.05, 3.63) is 89.2 Å². The van der Waals surface area contributed by atoms with Gasteiger partial charge < -0.3 is 14.6 Å². The van der Waals surface area contributed by atoms with E-state index in [1.807, 2.05) is 10.8 Å². The Morgan fingerprint density at radius 1 is 1.00 bits per heavy atom. The average molecular weight is 423 g/mol. The van der Waals surface area contributed by atoms with Crippen molar-refractivity contribution in [3.63, 3.8) is 0 Å². The lowest BCUT2D eigenvalue weighted by molar-refractivity contribution is -0.139.